The summed E-state index contributed by atoms with van der Waals surface area (Å²) in [6, 6.07) is 4.62. The number of rotatable bonds is 3. The number of ether oxygens (including phenoxy) is 1. The Morgan fingerprint density at radius 2 is 1.88 bits per heavy atom. The van der Waals surface area contributed by atoms with Crippen molar-refractivity contribution in [2.45, 2.75) is 35.4 Å². The van der Waals surface area contributed by atoms with E-state index in [1.54, 1.807) is 19.1 Å². The van der Waals surface area contributed by atoms with E-state index in [0.717, 1.165) is 4.90 Å². The molecule has 8 nitrogen and oxygen atoms in total. The predicted molar refractivity (Wildman–Crippen MR) is 118 cm³/mol. The molecule has 174 valence electrons. The summed E-state index contributed by atoms with van der Waals surface area (Å²) in [7, 11) is 1.34. The summed E-state index contributed by atoms with van der Waals surface area (Å²) in [5, 5.41) is 12.6. The molecule has 4 aliphatic rings. The van der Waals surface area contributed by atoms with Crippen LogP contribution in [0.5, 0.6) is 11.5 Å². The number of carbonyl (C=O) groups is 4. The number of fused-ring (bicyclic) bond motifs is 4. The number of aromatic hydroxyl groups is 1. The summed E-state index contributed by atoms with van der Waals surface area (Å²) in [6.45, 7) is 2.06. The van der Waals surface area contributed by atoms with Crippen LogP contribution < -0.4 is 10.1 Å². The number of likely N-dealkylation sites (tertiary alicyclic amines) is 1. The molecule has 1 saturated carbocycles. The minimum Gasteiger partial charge on any atom is -0.504 e. The lowest BCUT2D eigenvalue weighted by atomic mass is 9.56. The van der Waals surface area contributed by atoms with E-state index in [9.17, 15) is 24.3 Å². The van der Waals surface area contributed by atoms with Crippen LogP contribution >= 0.6 is 23.2 Å². The van der Waals surface area contributed by atoms with Crippen molar-refractivity contribution in [1.82, 2.24) is 10.2 Å². The van der Waals surface area contributed by atoms with Gasteiger partial charge in [0.25, 0.3) is 11.8 Å². The Kier molecular flexibility index (Phi) is 4.85. The fourth-order valence-electron chi connectivity index (χ4n) is 6.01. The summed E-state index contributed by atoms with van der Waals surface area (Å²) < 4.78 is 5.53. The molecule has 0 bridgehead atoms. The second kappa shape index (κ2) is 7.21. The van der Waals surface area contributed by atoms with Crippen LogP contribution in [0.3, 0.4) is 0 Å². The fourth-order valence-corrected chi connectivity index (χ4v) is 7.03. The van der Waals surface area contributed by atoms with Crippen molar-refractivity contribution in [3.05, 3.63) is 35.4 Å². The Morgan fingerprint density at radius 1 is 1.15 bits per heavy atom. The van der Waals surface area contributed by atoms with Crippen LogP contribution in [0.4, 0.5) is 0 Å². The van der Waals surface area contributed by atoms with Crippen molar-refractivity contribution in [3.8, 4) is 11.5 Å². The van der Waals surface area contributed by atoms with Crippen LogP contribution in [0.1, 0.15) is 31.2 Å². The van der Waals surface area contributed by atoms with Crippen LogP contribution in [0.15, 0.2) is 29.8 Å². The molecule has 0 aromatic heterocycles. The predicted octanol–water partition coefficient (Wildman–Crippen LogP) is 2.07. The molecule has 5 rings (SSSR count). The molecular weight excluding hydrogens is 471 g/mol. The molecule has 1 aromatic carbocycles. The molecule has 10 heteroatoms. The molecule has 6 atom stereocenters. The van der Waals surface area contributed by atoms with Crippen molar-refractivity contribution in [2.75, 3.05) is 13.7 Å². The van der Waals surface area contributed by atoms with Gasteiger partial charge in [0.05, 0.1) is 18.4 Å². The second-order valence-corrected chi connectivity index (χ2v) is 10.3. The highest BCUT2D eigenvalue weighted by molar-refractivity contribution is 6.53. The largest absolute Gasteiger partial charge is 0.504 e. The van der Waals surface area contributed by atoms with Gasteiger partial charge in [0, 0.05) is 13.0 Å². The number of allylic oxidation sites excluding steroid dienone is 2. The number of amides is 4. The van der Waals surface area contributed by atoms with E-state index in [4.69, 9.17) is 27.9 Å². The third-order valence-corrected chi connectivity index (χ3v) is 8.89. The zero-order valence-corrected chi connectivity index (χ0v) is 19.4. The van der Waals surface area contributed by atoms with E-state index in [2.05, 4.69) is 5.32 Å². The molecule has 33 heavy (non-hydrogen) atoms. The first kappa shape index (κ1) is 22.2. The van der Waals surface area contributed by atoms with Gasteiger partial charge in [-0.25, -0.2) is 0 Å². The quantitative estimate of drug-likeness (QED) is 0.379. The maximum Gasteiger partial charge on any atom is 0.253 e. The lowest BCUT2D eigenvalue weighted by Gasteiger charge is -2.50. The number of carbonyl (C=O) groups excluding carboxylic acids is 4. The van der Waals surface area contributed by atoms with Crippen LogP contribution in [0, 0.1) is 17.8 Å². The van der Waals surface area contributed by atoms with E-state index in [1.165, 1.54) is 13.1 Å². The maximum atomic E-state index is 13.4. The average Bonchev–Trinajstić information content (AvgIpc) is 3.14. The number of hydrogen-bond donors (Lipinski definition) is 2. The lowest BCUT2D eigenvalue weighted by molar-refractivity contribution is -0.138. The molecule has 2 aliphatic carbocycles. The van der Waals surface area contributed by atoms with Crippen molar-refractivity contribution in [2.24, 2.45) is 17.8 Å². The van der Waals surface area contributed by atoms with E-state index < -0.39 is 51.1 Å². The summed E-state index contributed by atoms with van der Waals surface area (Å²) in [5.74, 6) is -4.60. The van der Waals surface area contributed by atoms with Gasteiger partial charge in [0.15, 0.2) is 21.2 Å². The number of hydrogen-bond acceptors (Lipinski definition) is 6. The third kappa shape index (κ3) is 2.71. The Balaban J connectivity index is 1.74. The standard InChI is InChI=1S/C23H22Cl2N2O6/c1-3-33-15-8-10(4-7-14(15)28)17-11-5-6-12-16(19(30)26-18(12)29)13(11)9-22(24)20(31)27(2)21(32)23(17,22)25/h4-5,7-8,12-13,16-17,28H,3,6,9H2,1-2H3,(H,26,29,30). The van der Waals surface area contributed by atoms with Gasteiger partial charge in [0.2, 0.25) is 11.8 Å². The average molecular weight is 493 g/mol. The molecule has 2 N–H and O–H groups in total. The molecule has 0 radical (unpaired) electrons. The monoisotopic (exact) mass is 492 g/mol. The van der Waals surface area contributed by atoms with E-state index in [0.29, 0.717) is 24.2 Å². The van der Waals surface area contributed by atoms with Gasteiger partial charge in [-0.3, -0.25) is 29.4 Å². The van der Waals surface area contributed by atoms with Gasteiger partial charge >= 0.3 is 0 Å². The maximum absolute atomic E-state index is 13.4. The minimum absolute atomic E-state index is 0.0480. The highest BCUT2D eigenvalue weighted by atomic mass is 35.5. The number of halogens is 2. The van der Waals surface area contributed by atoms with Crippen molar-refractivity contribution < 1.29 is 29.0 Å². The van der Waals surface area contributed by atoms with Gasteiger partial charge < -0.3 is 9.84 Å². The smallest absolute Gasteiger partial charge is 0.253 e. The molecule has 0 spiro atoms. The zero-order chi connectivity index (χ0) is 23.9. The summed E-state index contributed by atoms with van der Waals surface area (Å²) in [4.78, 5) is 49.0. The summed E-state index contributed by atoms with van der Waals surface area (Å²) in [6.07, 6.45) is 2.10. The lowest BCUT2D eigenvalue weighted by Crippen LogP contribution is -2.60. The molecule has 6 unspecified atom stereocenters. The zero-order valence-electron chi connectivity index (χ0n) is 17.9. The first-order valence-electron chi connectivity index (χ1n) is 10.8. The Labute approximate surface area is 199 Å². The highest BCUT2D eigenvalue weighted by Gasteiger charge is 2.75. The van der Waals surface area contributed by atoms with Gasteiger partial charge in [-0.15, -0.1) is 23.2 Å². The van der Waals surface area contributed by atoms with Crippen molar-refractivity contribution in [3.63, 3.8) is 0 Å². The molecule has 4 amide bonds. The van der Waals surface area contributed by atoms with Gasteiger partial charge in [-0.2, -0.15) is 0 Å². The Hall–Kier alpha value is -2.58. The SMILES string of the molecule is CCOc1cc(C2C3=CCC4C(=O)NC(=O)C4C3CC3(Cl)C(=O)N(C)C(=O)C23Cl)ccc1O. The highest BCUT2D eigenvalue weighted by Crippen LogP contribution is 2.65. The topological polar surface area (TPSA) is 113 Å². The van der Waals surface area contributed by atoms with E-state index in [1.807, 2.05) is 6.08 Å². The van der Waals surface area contributed by atoms with Gasteiger partial charge in [0.1, 0.15) is 0 Å². The number of phenols is 1. The van der Waals surface area contributed by atoms with E-state index >= 15 is 0 Å². The third-order valence-electron chi connectivity index (χ3n) is 7.47. The number of imide groups is 2. The molecule has 2 heterocycles. The van der Waals surface area contributed by atoms with Crippen LogP contribution in [0.25, 0.3) is 0 Å². The summed E-state index contributed by atoms with van der Waals surface area (Å²) >= 11 is 14.1. The Morgan fingerprint density at radius 3 is 2.58 bits per heavy atom. The fraction of sp³-hybridized carbons (Fsp3) is 0.478. The number of benzene rings is 1. The molecule has 2 aliphatic heterocycles. The minimum atomic E-state index is -1.85. The van der Waals surface area contributed by atoms with Gasteiger partial charge in [-0.1, -0.05) is 17.7 Å². The normalized spacial score (nSPS) is 37.3. The first-order valence-corrected chi connectivity index (χ1v) is 11.5. The molecule has 3 fully saturated rings. The molecule has 1 aromatic rings. The molecular formula is C23H22Cl2N2O6. The number of nitrogens with one attached hydrogen (secondary N) is 1. The second-order valence-electron chi connectivity index (χ2n) is 9.01. The van der Waals surface area contributed by atoms with Crippen molar-refractivity contribution >= 4 is 46.8 Å². The molecule has 2 saturated heterocycles. The summed E-state index contributed by atoms with van der Waals surface area (Å²) in [5.41, 5.74) is 1.21. The van der Waals surface area contributed by atoms with Crippen LogP contribution in [-0.2, 0) is 19.2 Å². The first-order chi connectivity index (χ1) is 15.6. The Bertz CT molecular complexity index is 1150. The van der Waals surface area contributed by atoms with Crippen molar-refractivity contribution in [1.29, 1.82) is 0 Å². The van der Waals surface area contributed by atoms with Gasteiger partial charge in [-0.05, 0) is 43.4 Å². The van der Waals surface area contributed by atoms with E-state index in [-0.39, 0.29) is 23.8 Å². The number of phenolic OH excluding ortho intramolecular Hbond substituents is 1. The number of alkyl halides is 2. The van der Waals surface area contributed by atoms with Crippen LogP contribution in [-0.4, -0.2) is 57.0 Å². The number of nitrogens with zero attached hydrogens (tertiary/aromatic N) is 1. The van der Waals surface area contributed by atoms with Crippen LogP contribution in [0.2, 0.25) is 0 Å².